The number of hydrogen-bond donors (Lipinski definition) is 1. The van der Waals surface area contributed by atoms with Gasteiger partial charge >= 0.3 is 5.97 Å². The third-order valence-corrected chi connectivity index (χ3v) is 3.65. The highest BCUT2D eigenvalue weighted by molar-refractivity contribution is 6.32. The molecule has 0 atom stereocenters. The minimum atomic E-state index is -0.367. The lowest BCUT2D eigenvalue weighted by atomic mass is 10.1. The number of nitrogen functional groups attached to an aromatic ring is 1. The largest absolute Gasteiger partial charge is 0.463 e. The summed E-state index contributed by atoms with van der Waals surface area (Å²) in [5.41, 5.74) is 7.77. The second-order valence-electron chi connectivity index (χ2n) is 5.53. The molecule has 1 heterocycles. The number of ether oxygens (including phenoxy) is 2. The van der Waals surface area contributed by atoms with E-state index in [0.717, 1.165) is 24.0 Å². The summed E-state index contributed by atoms with van der Waals surface area (Å²) >= 11 is 6.31. The zero-order chi connectivity index (χ0) is 18.2. The van der Waals surface area contributed by atoms with E-state index in [2.05, 4.69) is 4.98 Å². The van der Waals surface area contributed by atoms with Crippen LogP contribution in [0.15, 0.2) is 36.5 Å². The first-order valence-electron chi connectivity index (χ1n) is 8.04. The number of hydrogen-bond acceptors (Lipinski definition) is 5. The number of aryl methyl sites for hydroxylation is 1. The number of pyridine rings is 1. The fourth-order valence-corrected chi connectivity index (χ4v) is 2.38. The first kappa shape index (κ1) is 18.8. The van der Waals surface area contributed by atoms with E-state index in [1.54, 1.807) is 24.3 Å². The zero-order valence-electron chi connectivity index (χ0n) is 14.3. The Morgan fingerprint density at radius 3 is 2.80 bits per heavy atom. The van der Waals surface area contributed by atoms with Gasteiger partial charge < -0.3 is 15.2 Å². The molecule has 2 N–H and O–H groups in total. The molecule has 0 radical (unpaired) electrons. The number of carbonyl (C=O) groups is 1. The second-order valence-corrected chi connectivity index (χ2v) is 5.94. The van der Waals surface area contributed by atoms with Crippen LogP contribution in [-0.4, -0.2) is 17.6 Å². The Hall–Kier alpha value is -2.53. The lowest BCUT2D eigenvalue weighted by Crippen LogP contribution is -2.01. The van der Waals surface area contributed by atoms with Crippen molar-refractivity contribution in [1.29, 1.82) is 0 Å². The number of nitrogens with zero attached hydrogens (tertiary/aromatic N) is 1. The van der Waals surface area contributed by atoms with E-state index in [4.69, 9.17) is 26.8 Å². The molecule has 132 valence electrons. The Bertz CT molecular complexity index is 735. The van der Waals surface area contributed by atoms with Crippen LogP contribution < -0.4 is 10.5 Å². The predicted octanol–water partition coefficient (Wildman–Crippen LogP) is 4.77. The van der Waals surface area contributed by atoms with E-state index < -0.39 is 0 Å². The highest BCUT2D eigenvalue weighted by Gasteiger charge is 2.09. The van der Waals surface area contributed by atoms with Crippen LogP contribution in [0, 0.1) is 6.92 Å². The van der Waals surface area contributed by atoms with Crippen LogP contribution in [0.1, 0.15) is 30.9 Å². The van der Waals surface area contributed by atoms with Crippen LogP contribution in [0.3, 0.4) is 0 Å². The summed E-state index contributed by atoms with van der Waals surface area (Å²) in [7, 11) is 0. The van der Waals surface area contributed by atoms with Gasteiger partial charge in [0.15, 0.2) is 5.75 Å². The van der Waals surface area contributed by atoms with E-state index in [9.17, 15) is 4.79 Å². The molecular weight excluding hydrogens is 340 g/mol. The number of carbonyl (C=O) groups excluding carboxylic acids is 1. The van der Waals surface area contributed by atoms with Gasteiger partial charge in [-0.3, -0.25) is 0 Å². The third-order valence-electron chi connectivity index (χ3n) is 3.37. The minimum absolute atomic E-state index is 0.367. The highest BCUT2D eigenvalue weighted by Crippen LogP contribution is 2.33. The molecule has 0 spiro atoms. The van der Waals surface area contributed by atoms with Crippen molar-refractivity contribution in [3.05, 3.63) is 52.7 Å². The lowest BCUT2D eigenvalue weighted by molar-refractivity contribution is -0.137. The SMILES string of the molecule is CCCCOC(=O)C=Cc1cc(C)c(Oc2ccc(N)cn2)c(Cl)c1. The Labute approximate surface area is 152 Å². The minimum Gasteiger partial charge on any atom is -0.463 e. The van der Waals surface area contributed by atoms with Gasteiger partial charge in [-0.25, -0.2) is 9.78 Å². The average Bonchev–Trinajstić information content (AvgIpc) is 2.58. The summed E-state index contributed by atoms with van der Waals surface area (Å²) in [5, 5.41) is 0.428. The zero-order valence-corrected chi connectivity index (χ0v) is 15.0. The molecule has 2 aromatic rings. The molecule has 0 saturated carbocycles. The summed E-state index contributed by atoms with van der Waals surface area (Å²) in [6, 6.07) is 6.96. The van der Waals surface area contributed by atoms with Crippen molar-refractivity contribution < 1.29 is 14.3 Å². The quantitative estimate of drug-likeness (QED) is 0.437. The van der Waals surface area contributed by atoms with Gasteiger partial charge in [0.05, 0.1) is 23.5 Å². The number of halogens is 1. The van der Waals surface area contributed by atoms with Crippen molar-refractivity contribution in [2.45, 2.75) is 26.7 Å². The maximum atomic E-state index is 11.6. The number of unbranched alkanes of at least 4 members (excludes halogenated alkanes) is 1. The van der Waals surface area contributed by atoms with Crippen molar-refractivity contribution in [3.63, 3.8) is 0 Å². The molecule has 0 unspecified atom stereocenters. The predicted molar refractivity (Wildman–Crippen MR) is 99.8 cm³/mol. The standard InChI is InChI=1S/C19H21ClN2O3/c1-3-4-9-24-18(23)8-5-14-10-13(2)19(16(20)11-14)25-17-7-6-15(21)12-22-17/h5-8,10-12H,3-4,9,21H2,1-2H3. The normalized spacial score (nSPS) is 10.8. The lowest BCUT2D eigenvalue weighted by Gasteiger charge is -2.11. The van der Waals surface area contributed by atoms with Crippen LogP contribution in [0.4, 0.5) is 5.69 Å². The van der Waals surface area contributed by atoms with E-state index >= 15 is 0 Å². The summed E-state index contributed by atoms with van der Waals surface area (Å²) < 4.78 is 10.8. The number of nitrogens with two attached hydrogens (primary N) is 1. The average molecular weight is 361 g/mol. The van der Waals surface area contributed by atoms with Crippen LogP contribution >= 0.6 is 11.6 Å². The number of aromatic nitrogens is 1. The summed E-state index contributed by atoms with van der Waals surface area (Å²) in [6.07, 6.45) is 6.41. The number of rotatable bonds is 7. The van der Waals surface area contributed by atoms with E-state index in [1.165, 1.54) is 12.3 Å². The molecule has 25 heavy (non-hydrogen) atoms. The Morgan fingerprint density at radius 1 is 1.36 bits per heavy atom. The second kappa shape index (κ2) is 9.08. The van der Waals surface area contributed by atoms with Gasteiger partial charge in [0.1, 0.15) is 0 Å². The van der Waals surface area contributed by atoms with Crippen molar-refractivity contribution >= 4 is 29.3 Å². The van der Waals surface area contributed by atoms with Crippen molar-refractivity contribution in [3.8, 4) is 11.6 Å². The number of anilines is 1. The van der Waals surface area contributed by atoms with Crippen LogP contribution in [0.25, 0.3) is 6.08 Å². The smallest absolute Gasteiger partial charge is 0.330 e. The molecule has 6 heteroatoms. The third kappa shape index (κ3) is 5.80. The van der Waals surface area contributed by atoms with Crippen LogP contribution in [-0.2, 0) is 9.53 Å². The first-order valence-corrected chi connectivity index (χ1v) is 8.41. The summed E-state index contributed by atoms with van der Waals surface area (Å²) in [4.78, 5) is 15.7. The molecule has 0 amide bonds. The molecule has 0 aliphatic rings. The molecule has 5 nitrogen and oxygen atoms in total. The van der Waals surface area contributed by atoms with Crippen molar-refractivity contribution in [1.82, 2.24) is 4.98 Å². The van der Waals surface area contributed by atoms with Gasteiger partial charge in [-0.05, 0) is 48.7 Å². The van der Waals surface area contributed by atoms with Crippen molar-refractivity contribution in [2.24, 2.45) is 0 Å². The molecular formula is C19H21ClN2O3. The van der Waals surface area contributed by atoms with Crippen molar-refractivity contribution in [2.75, 3.05) is 12.3 Å². The van der Waals surface area contributed by atoms with E-state index in [-0.39, 0.29) is 5.97 Å². The molecule has 1 aromatic carbocycles. The molecule has 1 aromatic heterocycles. The molecule has 0 fully saturated rings. The van der Waals surface area contributed by atoms with Crippen LogP contribution in [0.5, 0.6) is 11.6 Å². The molecule has 0 bridgehead atoms. The first-order chi connectivity index (χ1) is 12.0. The van der Waals surface area contributed by atoms with Gasteiger partial charge in [0.25, 0.3) is 0 Å². The summed E-state index contributed by atoms with van der Waals surface area (Å²) in [6.45, 7) is 4.34. The Balaban J connectivity index is 2.08. The fourth-order valence-electron chi connectivity index (χ4n) is 2.07. The summed E-state index contributed by atoms with van der Waals surface area (Å²) in [5.74, 6) is 0.553. The van der Waals surface area contributed by atoms with Gasteiger partial charge in [0, 0.05) is 12.1 Å². The molecule has 2 rings (SSSR count). The molecule has 0 saturated heterocycles. The van der Waals surface area contributed by atoms with Gasteiger partial charge in [-0.2, -0.15) is 0 Å². The topological polar surface area (TPSA) is 74.4 Å². The monoisotopic (exact) mass is 360 g/mol. The van der Waals surface area contributed by atoms with Gasteiger partial charge in [0.2, 0.25) is 5.88 Å². The van der Waals surface area contributed by atoms with E-state index in [0.29, 0.717) is 28.9 Å². The number of benzene rings is 1. The van der Waals surface area contributed by atoms with Gasteiger partial charge in [-0.15, -0.1) is 0 Å². The maximum absolute atomic E-state index is 11.6. The van der Waals surface area contributed by atoms with E-state index in [1.807, 2.05) is 19.9 Å². The Kier molecular flexibility index (Phi) is 6.83. The molecule has 0 aliphatic heterocycles. The van der Waals surface area contributed by atoms with Gasteiger partial charge in [-0.1, -0.05) is 24.9 Å². The number of esters is 1. The highest BCUT2D eigenvalue weighted by atomic mass is 35.5. The Morgan fingerprint density at radius 2 is 2.16 bits per heavy atom. The maximum Gasteiger partial charge on any atom is 0.330 e. The fraction of sp³-hybridized carbons (Fsp3) is 0.263. The van der Waals surface area contributed by atoms with Crippen LogP contribution in [0.2, 0.25) is 5.02 Å². The molecule has 0 aliphatic carbocycles.